The molecule has 5 aromatic rings. The molecule has 5 rings (SSSR count). The van der Waals surface area contributed by atoms with Crippen molar-refractivity contribution in [2.45, 2.75) is 11.6 Å². The topological polar surface area (TPSA) is 118 Å². The lowest BCUT2D eigenvalue weighted by molar-refractivity contribution is -0.384. The Morgan fingerprint density at radius 3 is 2.50 bits per heavy atom. The number of hydrogen-bond acceptors (Lipinski definition) is 9. The van der Waals surface area contributed by atoms with Gasteiger partial charge in [-0.1, -0.05) is 35.5 Å². The van der Waals surface area contributed by atoms with Crippen LogP contribution >= 0.6 is 23.4 Å². The number of ether oxygens (including phenoxy) is 2. The number of nitro groups is 1. The fourth-order valence-electron chi connectivity index (χ4n) is 3.86. The zero-order chi connectivity index (χ0) is 25.4. The number of nitrogens with zero attached hydrogens (tertiary/aromatic N) is 6. The highest BCUT2D eigenvalue weighted by atomic mass is 35.5. The maximum atomic E-state index is 11.0. The molecule has 0 saturated heterocycles. The van der Waals surface area contributed by atoms with E-state index >= 15 is 0 Å². The average Bonchev–Trinajstić information content (AvgIpc) is 3.32. The maximum absolute atomic E-state index is 11.0. The highest BCUT2D eigenvalue weighted by Crippen LogP contribution is 2.41. The fourth-order valence-corrected chi connectivity index (χ4v) is 4.48. The summed E-state index contributed by atoms with van der Waals surface area (Å²) in [6.45, 7) is 0. The third kappa shape index (κ3) is 4.27. The van der Waals surface area contributed by atoms with Crippen LogP contribution < -0.4 is 9.47 Å². The molecule has 0 amide bonds. The van der Waals surface area contributed by atoms with Crippen molar-refractivity contribution in [3.8, 4) is 22.6 Å². The van der Waals surface area contributed by atoms with Gasteiger partial charge in [0.2, 0.25) is 0 Å². The van der Waals surface area contributed by atoms with Gasteiger partial charge in [-0.15, -0.1) is 5.10 Å². The van der Waals surface area contributed by atoms with E-state index in [1.165, 1.54) is 31.0 Å². The van der Waals surface area contributed by atoms with Gasteiger partial charge in [-0.2, -0.15) is 4.52 Å². The van der Waals surface area contributed by atoms with Gasteiger partial charge in [0.15, 0.2) is 22.3 Å². The molecule has 0 bridgehead atoms. The van der Waals surface area contributed by atoms with Crippen molar-refractivity contribution in [2.75, 3.05) is 20.5 Å². The highest BCUT2D eigenvalue weighted by Gasteiger charge is 2.20. The number of non-ortho nitro benzene ring substituents is 1. The van der Waals surface area contributed by atoms with Crippen LogP contribution in [0.1, 0.15) is 11.4 Å². The van der Waals surface area contributed by atoms with Crippen molar-refractivity contribution in [3.63, 3.8) is 0 Å². The summed E-state index contributed by atoms with van der Waals surface area (Å²) in [6.07, 6.45) is 4.01. The Morgan fingerprint density at radius 1 is 1.06 bits per heavy atom. The summed E-state index contributed by atoms with van der Waals surface area (Å²) in [6, 6.07) is 11.8. The number of thioether (sulfide) groups is 1. The smallest absolute Gasteiger partial charge is 0.269 e. The molecule has 36 heavy (non-hydrogen) atoms. The lowest BCUT2D eigenvalue weighted by Gasteiger charge is -2.13. The van der Waals surface area contributed by atoms with Crippen LogP contribution in [0.2, 0.25) is 5.02 Å². The van der Waals surface area contributed by atoms with Gasteiger partial charge in [0.05, 0.1) is 24.2 Å². The number of fused-ring (bicyclic) bond motifs is 3. The van der Waals surface area contributed by atoms with Crippen molar-refractivity contribution in [1.29, 1.82) is 0 Å². The molecule has 0 radical (unpaired) electrons. The second kappa shape index (κ2) is 9.59. The first-order chi connectivity index (χ1) is 17.4. The molecular weight excluding hydrogens is 504 g/mol. The number of halogens is 1. The normalized spacial score (nSPS) is 11.2. The Kier molecular flexibility index (Phi) is 6.33. The standard InChI is InChI=1S/C24H19ClN6O4S/c1-34-16-10-17(21(25)19(11-16)35-2)18-9-14-12-26-24(36-3)28-22(14)30-23(18)27-20(29-30)8-13-4-6-15(7-5-13)31(32)33/h4-7,9-12H,8H2,1-3H3. The van der Waals surface area contributed by atoms with E-state index in [1.807, 2.05) is 18.4 Å². The molecule has 0 aliphatic rings. The van der Waals surface area contributed by atoms with Crippen LogP contribution in [0.5, 0.6) is 11.5 Å². The van der Waals surface area contributed by atoms with Gasteiger partial charge < -0.3 is 9.47 Å². The van der Waals surface area contributed by atoms with Gasteiger partial charge in [0.25, 0.3) is 5.69 Å². The molecule has 0 saturated carbocycles. The SMILES string of the molecule is COc1cc(OC)c(Cl)c(-c2cc3cnc(SC)nc3n3nc(Cc4ccc([N+](=O)[O-])cc4)nc23)c1. The Balaban J connectivity index is 1.73. The summed E-state index contributed by atoms with van der Waals surface area (Å²) in [7, 11) is 3.11. The van der Waals surface area contributed by atoms with Gasteiger partial charge in [-0.05, 0) is 24.0 Å². The summed E-state index contributed by atoms with van der Waals surface area (Å²) in [5.41, 5.74) is 3.36. The van der Waals surface area contributed by atoms with Crippen LogP contribution in [0, 0.1) is 10.1 Å². The third-order valence-corrected chi connectivity index (χ3v) is 6.57. The van der Waals surface area contributed by atoms with Gasteiger partial charge >= 0.3 is 0 Å². The van der Waals surface area contributed by atoms with E-state index < -0.39 is 4.92 Å². The maximum Gasteiger partial charge on any atom is 0.269 e. The Hall–Kier alpha value is -3.96. The first kappa shape index (κ1) is 23.8. The zero-order valence-corrected chi connectivity index (χ0v) is 21.0. The van der Waals surface area contributed by atoms with Crippen LogP contribution in [-0.2, 0) is 6.42 Å². The van der Waals surface area contributed by atoms with E-state index in [2.05, 4.69) is 9.97 Å². The van der Waals surface area contributed by atoms with Crippen LogP contribution in [-0.4, -0.2) is 50.0 Å². The molecule has 182 valence electrons. The zero-order valence-electron chi connectivity index (χ0n) is 19.4. The Bertz CT molecular complexity index is 1620. The molecular formula is C24H19ClN6O4S. The van der Waals surface area contributed by atoms with Crippen LogP contribution in [0.4, 0.5) is 5.69 Å². The lowest BCUT2D eigenvalue weighted by atomic mass is 10.0. The van der Waals surface area contributed by atoms with Crippen molar-refractivity contribution >= 4 is 45.7 Å². The first-order valence-electron chi connectivity index (χ1n) is 10.7. The van der Waals surface area contributed by atoms with Gasteiger partial charge in [0.1, 0.15) is 11.5 Å². The molecule has 0 aliphatic heterocycles. The summed E-state index contributed by atoms with van der Waals surface area (Å²) in [4.78, 5) is 24.4. The number of nitro benzene ring substituents is 1. The molecule has 0 N–H and O–H groups in total. The third-order valence-electron chi connectivity index (χ3n) is 5.62. The Labute approximate surface area is 214 Å². The number of methoxy groups -OCH3 is 2. The molecule has 2 aromatic carbocycles. The van der Waals surface area contributed by atoms with E-state index in [-0.39, 0.29) is 5.69 Å². The number of pyridine rings is 1. The van der Waals surface area contributed by atoms with Gasteiger partial charge in [-0.3, -0.25) is 10.1 Å². The van der Waals surface area contributed by atoms with Gasteiger partial charge in [-0.25, -0.2) is 15.0 Å². The van der Waals surface area contributed by atoms with Crippen molar-refractivity contribution in [2.24, 2.45) is 0 Å². The van der Waals surface area contributed by atoms with Crippen LogP contribution in [0.3, 0.4) is 0 Å². The molecule has 0 aliphatic carbocycles. The molecule has 0 spiro atoms. The second-order valence-corrected chi connectivity index (χ2v) is 8.90. The number of hydrogen-bond donors (Lipinski definition) is 0. The van der Waals surface area contributed by atoms with Crippen molar-refractivity contribution in [3.05, 3.63) is 75.2 Å². The monoisotopic (exact) mass is 522 g/mol. The minimum Gasteiger partial charge on any atom is -0.497 e. The van der Waals surface area contributed by atoms with Crippen molar-refractivity contribution in [1.82, 2.24) is 24.6 Å². The molecule has 0 atom stereocenters. The van der Waals surface area contributed by atoms with E-state index in [9.17, 15) is 10.1 Å². The molecule has 0 fully saturated rings. The Morgan fingerprint density at radius 2 is 1.83 bits per heavy atom. The summed E-state index contributed by atoms with van der Waals surface area (Å²) < 4.78 is 12.6. The molecule has 3 aromatic heterocycles. The van der Waals surface area contributed by atoms with E-state index in [0.717, 1.165) is 10.9 Å². The number of rotatable bonds is 7. The number of aromatic nitrogens is 5. The average molecular weight is 523 g/mol. The van der Waals surface area contributed by atoms with E-state index in [4.69, 9.17) is 31.2 Å². The minimum atomic E-state index is -0.430. The largest absolute Gasteiger partial charge is 0.497 e. The predicted octanol–water partition coefficient (Wildman–Crippen LogP) is 5.23. The quantitative estimate of drug-likeness (QED) is 0.122. The lowest BCUT2D eigenvalue weighted by Crippen LogP contribution is -2.00. The predicted molar refractivity (Wildman–Crippen MR) is 137 cm³/mol. The summed E-state index contributed by atoms with van der Waals surface area (Å²) >= 11 is 8.15. The van der Waals surface area contributed by atoms with E-state index in [0.29, 0.717) is 56.3 Å². The number of benzene rings is 2. The summed E-state index contributed by atoms with van der Waals surface area (Å²) in [5.74, 6) is 1.56. The molecule has 10 nitrogen and oxygen atoms in total. The van der Waals surface area contributed by atoms with Gasteiger partial charge in [0, 0.05) is 47.3 Å². The fraction of sp³-hybridized carbons (Fsp3) is 0.167. The summed E-state index contributed by atoms with van der Waals surface area (Å²) in [5, 5.41) is 17.5. The van der Waals surface area contributed by atoms with Crippen molar-refractivity contribution < 1.29 is 14.4 Å². The second-order valence-electron chi connectivity index (χ2n) is 7.75. The van der Waals surface area contributed by atoms with Crippen LogP contribution in [0.15, 0.2) is 53.8 Å². The molecule has 0 unspecified atom stereocenters. The van der Waals surface area contributed by atoms with E-state index in [1.54, 1.807) is 36.0 Å². The van der Waals surface area contributed by atoms with Crippen LogP contribution in [0.25, 0.3) is 27.8 Å². The molecule has 3 heterocycles. The first-order valence-corrected chi connectivity index (χ1v) is 12.3. The minimum absolute atomic E-state index is 0.0258. The highest BCUT2D eigenvalue weighted by molar-refractivity contribution is 7.98. The molecule has 12 heteroatoms.